The molecule has 1 aromatic carbocycles. The Hall–Kier alpha value is -2.14. The van der Waals surface area contributed by atoms with Crippen LogP contribution in [0.1, 0.15) is 23.0 Å². The van der Waals surface area contributed by atoms with Crippen molar-refractivity contribution in [2.45, 2.75) is 13.0 Å². The second kappa shape index (κ2) is 6.34. The van der Waals surface area contributed by atoms with E-state index in [0.29, 0.717) is 0 Å². The number of nitrogens with one attached hydrogen (secondary N) is 1. The summed E-state index contributed by atoms with van der Waals surface area (Å²) >= 11 is 0. The molecule has 0 aliphatic carbocycles. The lowest BCUT2D eigenvalue weighted by Gasteiger charge is -2.20. The molecule has 20 heavy (non-hydrogen) atoms. The summed E-state index contributed by atoms with van der Waals surface area (Å²) in [5.74, 6) is 0.632. The summed E-state index contributed by atoms with van der Waals surface area (Å²) < 4.78 is 6.79. The van der Waals surface area contributed by atoms with Crippen molar-refractivity contribution in [2.24, 2.45) is 7.05 Å². The Bertz CT molecular complexity index is 592. The average Bonchev–Trinajstić information content (AvgIpc) is 2.83. The van der Waals surface area contributed by atoms with Crippen LogP contribution in [0.4, 0.5) is 0 Å². The highest BCUT2D eigenvalue weighted by Crippen LogP contribution is 2.23. The van der Waals surface area contributed by atoms with Crippen LogP contribution in [-0.2, 0) is 16.6 Å². The molecule has 0 aliphatic rings. The normalized spacial score (nSPS) is 12.2. The lowest BCUT2D eigenvalue weighted by molar-refractivity contribution is -0.125. The SMILES string of the molecule is COCC(=O)NC(c1ccccc1C)c1nccn1C. The fourth-order valence-corrected chi connectivity index (χ4v) is 2.18. The van der Waals surface area contributed by atoms with E-state index < -0.39 is 0 Å². The molecule has 2 aromatic rings. The monoisotopic (exact) mass is 273 g/mol. The smallest absolute Gasteiger partial charge is 0.246 e. The van der Waals surface area contributed by atoms with Gasteiger partial charge in [-0.3, -0.25) is 4.79 Å². The van der Waals surface area contributed by atoms with Crippen molar-refractivity contribution in [3.05, 3.63) is 53.6 Å². The third-order valence-electron chi connectivity index (χ3n) is 3.20. The summed E-state index contributed by atoms with van der Waals surface area (Å²) in [6.45, 7) is 2.06. The minimum Gasteiger partial charge on any atom is -0.375 e. The predicted molar refractivity (Wildman–Crippen MR) is 76.2 cm³/mol. The first kappa shape index (κ1) is 14.3. The van der Waals surface area contributed by atoms with Crippen LogP contribution in [-0.4, -0.2) is 29.2 Å². The van der Waals surface area contributed by atoms with Crippen molar-refractivity contribution >= 4 is 5.91 Å². The molecule has 0 radical (unpaired) electrons. The van der Waals surface area contributed by atoms with Gasteiger partial charge in [-0.2, -0.15) is 0 Å². The summed E-state index contributed by atoms with van der Waals surface area (Å²) in [5, 5.41) is 2.97. The van der Waals surface area contributed by atoms with Gasteiger partial charge in [0.2, 0.25) is 5.91 Å². The van der Waals surface area contributed by atoms with Crippen molar-refractivity contribution in [2.75, 3.05) is 13.7 Å². The van der Waals surface area contributed by atoms with E-state index >= 15 is 0 Å². The second-order valence-electron chi connectivity index (χ2n) is 4.69. The van der Waals surface area contributed by atoms with Gasteiger partial charge in [-0.05, 0) is 18.1 Å². The largest absolute Gasteiger partial charge is 0.375 e. The molecule has 0 aliphatic heterocycles. The van der Waals surface area contributed by atoms with E-state index in [2.05, 4.69) is 10.3 Å². The molecule has 1 atom stereocenters. The summed E-state index contributed by atoms with van der Waals surface area (Å²) in [4.78, 5) is 16.2. The quantitative estimate of drug-likeness (QED) is 0.900. The highest BCUT2D eigenvalue weighted by Gasteiger charge is 2.21. The molecule has 0 bridgehead atoms. The van der Waals surface area contributed by atoms with E-state index in [9.17, 15) is 4.79 Å². The first-order valence-corrected chi connectivity index (χ1v) is 6.44. The van der Waals surface area contributed by atoms with Gasteiger partial charge in [0.05, 0.1) is 0 Å². The number of aromatic nitrogens is 2. The molecule has 0 saturated carbocycles. The number of nitrogens with zero attached hydrogens (tertiary/aromatic N) is 2. The van der Waals surface area contributed by atoms with Gasteiger partial charge in [-0.15, -0.1) is 0 Å². The molecule has 1 amide bonds. The molecule has 5 nitrogen and oxygen atoms in total. The zero-order chi connectivity index (χ0) is 14.5. The fourth-order valence-electron chi connectivity index (χ4n) is 2.18. The Morgan fingerprint density at radius 2 is 2.20 bits per heavy atom. The van der Waals surface area contributed by atoms with Crippen LogP contribution in [0.3, 0.4) is 0 Å². The Labute approximate surface area is 118 Å². The van der Waals surface area contributed by atoms with Gasteiger partial charge in [-0.25, -0.2) is 4.98 Å². The van der Waals surface area contributed by atoms with Crippen LogP contribution in [0.2, 0.25) is 0 Å². The molecule has 1 N–H and O–H groups in total. The number of ether oxygens (including phenoxy) is 1. The van der Waals surface area contributed by atoms with Gasteiger partial charge in [-0.1, -0.05) is 24.3 Å². The topological polar surface area (TPSA) is 56.1 Å². The maximum Gasteiger partial charge on any atom is 0.246 e. The molecule has 1 unspecified atom stereocenters. The Morgan fingerprint density at radius 1 is 1.45 bits per heavy atom. The van der Waals surface area contributed by atoms with Crippen molar-refractivity contribution in [3.8, 4) is 0 Å². The molecule has 2 rings (SSSR count). The summed E-state index contributed by atoms with van der Waals surface area (Å²) in [6, 6.07) is 7.68. The number of hydrogen-bond donors (Lipinski definition) is 1. The fraction of sp³-hybridized carbons (Fsp3) is 0.333. The number of hydrogen-bond acceptors (Lipinski definition) is 3. The van der Waals surface area contributed by atoms with Gasteiger partial charge in [0, 0.05) is 26.6 Å². The number of aryl methyl sites for hydroxylation is 2. The zero-order valence-electron chi connectivity index (χ0n) is 12.0. The van der Waals surface area contributed by atoms with Crippen LogP contribution in [0.5, 0.6) is 0 Å². The molecule has 5 heteroatoms. The van der Waals surface area contributed by atoms with E-state index in [1.54, 1.807) is 6.20 Å². The summed E-state index contributed by atoms with van der Waals surface area (Å²) in [6.07, 6.45) is 3.59. The lowest BCUT2D eigenvalue weighted by Crippen LogP contribution is -2.33. The van der Waals surface area contributed by atoms with E-state index in [4.69, 9.17) is 4.74 Å². The highest BCUT2D eigenvalue weighted by molar-refractivity contribution is 5.78. The van der Waals surface area contributed by atoms with Crippen molar-refractivity contribution in [3.63, 3.8) is 0 Å². The third kappa shape index (κ3) is 3.05. The molecule has 106 valence electrons. The maximum absolute atomic E-state index is 11.9. The van der Waals surface area contributed by atoms with Crippen molar-refractivity contribution in [1.82, 2.24) is 14.9 Å². The highest BCUT2D eigenvalue weighted by atomic mass is 16.5. The maximum atomic E-state index is 11.9. The van der Waals surface area contributed by atoms with E-state index in [1.165, 1.54) is 7.11 Å². The average molecular weight is 273 g/mol. The Balaban J connectivity index is 2.37. The van der Waals surface area contributed by atoms with Crippen LogP contribution in [0.25, 0.3) is 0 Å². The van der Waals surface area contributed by atoms with Crippen molar-refractivity contribution < 1.29 is 9.53 Å². The van der Waals surface area contributed by atoms with Gasteiger partial charge in [0.1, 0.15) is 18.5 Å². The summed E-state index contributed by atoms with van der Waals surface area (Å²) in [7, 11) is 3.42. The number of rotatable bonds is 5. The lowest BCUT2D eigenvalue weighted by atomic mass is 10.0. The number of methoxy groups -OCH3 is 1. The Kier molecular flexibility index (Phi) is 4.53. The number of carbonyl (C=O) groups is 1. The zero-order valence-corrected chi connectivity index (χ0v) is 12.0. The number of amides is 1. The number of benzene rings is 1. The first-order valence-electron chi connectivity index (χ1n) is 6.44. The van der Waals surface area contributed by atoms with Crippen LogP contribution in [0.15, 0.2) is 36.7 Å². The van der Waals surface area contributed by atoms with Crippen LogP contribution >= 0.6 is 0 Å². The predicted octanol–water partition coefficient (Wildman–Crippen LogP) is 1.58. The molecule has 0 saturated heterocycles. The molecule has 1 aromatic heterocycles. The first-order chi connectivity index (χ1) is 9.63. The Morgan fingerprint density at radius 3 is 2.80 bits per heavy atom. The van der Waals surface area contributed by atoms with E-state index in [-0.39, 0.29) is 18.6 Å². The van der Waals surface area contributed by atoms with Gasteiger partial charge in [0.15, 0.2) is 0 Å². The molecule has 1 heterocycles. The standard InChI is InChI=1S/C15H19N3O2/c1-11-6-4-5-7-12(11)14(17-13(19)10-20-3)15-16-8-9-18(15)2/h4-9,14H,10H2,1-3H3,(H,17,19). The van der Waals surface area contributed by atoms with Gasteiger partial charge < -0.3 is 14.6 Å². The number of imidazole rings is 1. The van der Waals surface area contributed by atoms with Gasteiger partial charge >= 0.3 is 0 Å². The van der Waals surface area contributed by atoms with Crippen LogP contribution in [0, 0.1) is 6.92 Å². The molecular weight excluding hydrogens is 254 g/mol. The molecule has 0 spiro atoms. The second-order valence-corrected chi connectivity index (χ2v) is 4.69. The minimum absolute atomic E-state index is 0.0345. The molecular formula is C15H19N3O2. The molecule has 0 fully saturated rings. The van der Waals surface area contributed by atoms with E-state index in [0.717, 1.165) is 17.0 Å². The minimum atomic E-state index is -0.279. The third-order valence-corrected chi connectivity index (χ3v) is 3.20. The van der Waals surface area contributed by atoms with E-state index in [1.807, 2.05) is 49.0 Å². The van der Waals surface area contributed by atoms with Crippen molar-refractivity contribution in [1.29, 1.82) is 0 Å². The summed E-state index contributed by atoms with van der Waals surface area (Å²) in [5.41, 5.74) is 2.14. The van der Waals surface area contributed by atoms with Gasteiger partial charge in [0.25, 0.3) is 0 Å². The number of carbonyl (C=O) groups excluding carboxylic acids is 1. The van der Waals surface area contributed by atoms with Crippen LogP contribution < -0.4 is 5.32 Å².